The maximum Gasteiger partial charge on any atom is 0.335 e. The van der Waals surface area contributed by atoms with Crippen molar-refractivity contribution in [1.82, 2.24) is 5.32 Å². The fraction of sp³-hybridized carbons (Fsp3) is 0.0800. The number of benzene rings is 3. The average Bonchev–Trinajstić information content (AvgIpc) is 2.80. The van der Waals surface area contributed by atoms with Gasteiger partial charge in [0.25, 0.3) is 11.8 Å². The summed E-state index contributed by atoms with van der Waals surface area (Å²) in [6, 6.07) is 17.2. The van der Waals surface area contributed by atoms with Gasteiger partial charge in [-0.3, -0.25) is 14.9 Å². The van der Waals surface area contributed by atoms with Crippen LogP contribution in [0.1, 0.15) is 16.7 Å². The molecule has 0 spiro atoms. The van der Waals surface area contributed by atoms with E-state index in [1.54, 1.807) is 60.7 Å². The van der Waals surface area contributed by atoms with E-state index in [-0.39, 0.29) is 23.5 Å². The number of methoxy groups -OCH3 is 1. The average molecular weight is 509 g/mol. The molecule has 0 aromatic heterocycles. The van der Waals surface area contributed by atoms with Crippen LogP contribution >= 0.6 is 15.9 Å². The zero-order valence-electron chi connectivity index (χ0n) is 17.5. The van der Waals surface area contributed by atoms with Gasteiger partial charge in [-0.1, -0.05) is 40.2 Å². The number of ether oxygens (including phenoxy) is 1. The first kappa shape index (κ1) is 22.4. The van der Waals surface area contributed by atoms with E-state index in [9.17, 15) is 18.8 Å². The summed E-state index contributed by atoms with van der Waals surface area (Å²) >= 11 is 3.40. The van der Waals surface area contributed by atoms with Crippen LogP contribution in [0.3, 0.4) is 0 Å². The SMILES string of the molecule is COc1ccc(N2C(=O)NC(=O)/C(=C\c3cc(Br)ccc3Cc3ccccc3F)C2=O)cc1. The lowest BCUT2D eigenvalue weighted by molar-refractivity contribution is -0.122. The first-order valence-electron chi connectivity index (χ1n) is 9.94. The number of hydrogen-bond donors (Lipinski definition) is 1. The summed E-state index contributed by atoms with van der Waals surface area (Å²) in [4.78, 5) is 39.1. The molecule has 1 heterocycles. The Morgan fingerprint density at radius 3 is 2.42 bits per heavy atom. The van der Waals surface area contributed by atoms with E-state index < -0.39 is 17.8 Å². The Balaban J connectivity index is 1.73. The van der Waals surface area contributed by atoms with Crippen LogP contribution in [0.4, 0.5) is 14.9 Å². The van der Waals surface area contributed by atoms with Crippen molar-refractivity contribution in [2.45, 2.75) is 6.42 Å². The molecule has 4 rings (SSSR count). The smallest absolute Gasteiger partial charge is 0.335 e. The molecule has 1 aliphatic heterocycles. The fourth-order valence-electron chi connectivity index (χ4n) is 3.49. The van der Waals surface area contributed by atoms with Crippen LogP contribution in [0, 0.1) is 5.82 Å². The van der Waals surface area contributed by atoms with Crippen LogP contribution in [-0.4, -0.2) is 25.0 Å². The van der Waals surface area contributed by atoms with Crippen molar-refractivity contribution >= 4 is 45.5 Å². The van der Waals surface area contributed by atoms with Crippen molar-refractivity contribution in [2.75, 3.05) is 12.0 Å². The molecule has 166 valence electrons. The van der Waals surface area contributed by atoms with Crippen LogP contribution in [0.25, 0.3) is 6.08 Å². The van der Waals surface area contributed by atoms with Gasteiger partial charge >= 0.3 is 6.03 Å². The van der Waals surface area contributed by atoms with Crippen LogP contribution in [0.15, 0.2) is 76.8 Å². The number of carbonyl (C=O) groups excluding carboxylic acids is 3. The normalized spacial score (nSPS) is 15.1. The van der Waals surface area contributed by atoms with Gasteiger partial charge in [-0.15, -0.1) is 0 Å². The van der Waals surface area contributed by atoms with Gasteiger partial charge in [0.05, 0.1) is 12.8 Å². The molecule has 33 heavy (non-hydrogen) atoms. The number of anilines is 1. The van der Waals surface area contributed by atoms with Gasteiger partial charge < -0.3 is 4.74 Å². The highest BCUT2D eigenvalue weighted by atomic mass is 79.9. The zero-order chi connectivity index (χ0) is 23.5. The number of amides is 4. The molecule has 8 heteroatoms. The van der Waals surface area contributed by atoms with E-state index in [0.29, 0.717) is 22.4 Å². The largest absolute Gasteiger partial charge is 0.497 e. The van der Waals surface area contributed by atoms with Gasteiger partial charge in [0, 0.05) is 10.9 Å². The Morgan fingerprint density at radius 2 is 1.73 bits per heavy atom. The van der Waals surface area contributed by atoms with Crippen LogP contribution in [0.2, 0.25) is 0 Å². The summed E-state index contributed by atoms with van der Waals surface area (Å²) in [7, 11) is 1.50. The topological polar surface area (TPSA) is 75.7 Å². The van der Waals surface area contributed by atoms with E-state index in [1.165, 1.54) is 19.3 Å². The second-order valence-electron chi connectivity index (χ2n) is 7.27. The molecule has 1 saturated heterocycles. The number of imide groups is 2. The lowest BCUT2D eigenvalue weighted by Gasteiger charge is -2.26. The van der Waals surface area contributed by atoms with Crippen LogP contribution < -0.4 is 15.0 Å². The molecule has 3 aromatic rings. The summed E-state index contributed by atoms with van der Waals surface area (Å²) in [6.07, 6.45) is 1.68. The number of hydrogen-bond acceptors (Lipinski definition) is 4. The van der Waals surface area contributed by atoms with Crippen molar-refractivity contribution in [1.29, 1.82) is 0 Å². The third kappa shape index (κ3) is 4.70. The number of nitrogens with zero attached hydrogens (tertiary/aromatic N) is 1. The Morgan fingerprint density at radius 1 is 1.00 bits per heavy atom. The summed E-state index contributed by atoms with van der Waals surface area (Å²) in [5.41, 5.74) is 1.82. The lowest BCUT2D eigenvalue weighted by atomic mass is 9.97. The Hall–Kier alpha value is -3.78. The number of nitrogens with one attached hydrogen (secondary N) is 1. The molecule has 3 aromatic carbocycles. The summed E-state index contributed by atoms with van der Waals surface area (Å²) < 4.78 is 20.0. The van der Waals surface area contributed by atoms with Crippen molar-refractivity contribution in [2.24, 2.45) is 0 Å². The van der Waals surface area contributed by atoms with E-state index in [4.69, 9.17) is 4.74 Å². The van der Waals surface area contributed by atoms with Gasteiger partial charge in [-0.25, -0.2) is 14.1 Å². The summed E-state index contributed by atoms with van der Waals surface area (Å²) in [5.74, 6) is -1.35. The second-order valence-corrected chi connectivity index (χ2v) is 8.18. The molecular formula is C25H18BrFN2O4. The molecule has 1 N–H and O–H groups in total. The number of barbiturate groups is 1. The molecular weight excluding hydrogens is 491 g/mol. The molecule has 1 fully saturated rings. The molecule has 0 saturated carbocycles. The minimum Gasteiger partial charge on any atom is -0.497 e. The first-order valence-corrected chi connectivity index (χ1v) is 10.7. The minimum atomic E-state index is -0.840. The molecule has 1 aliphatic rings. The summed E-state index contributed by atoms with van der Waals surface area (Å²) in [6.45, 7) is 0. The second kappa shape index (κ2) is 9.38. The Bertz CT molecular complexity index is 1290. The molecule has 4 amide bonds. The van der Waals surface area contributed by atoms with E-state index in [0.717, 1.165) is 9.37 Å². The highest BCUT2D eigenvalue weighted by molar-refractivity contribution is 9.10. The predicted molar refractivity (Wildman–Crippen MR) is 125 cm³/mol. The standard InChI is InChI=1S/C25H18BrFN2O4/c1-33-20-10-8-19(9-11-20)29-24(31)21(23(30)28-25(29)32)14-17-13-18(26)7-6-15(17)12-16-4-2-3-5-22(16)27/h2-11,13-14H,12H2,1H3,(H,28,30,32)/b21-14+. The van der Waals surface area contributed by atoms with E-state index in [2.05, 4.69) is 21.2 Å². The molecule has 0 aliphatic carbocycles. The number of carbonyl (C=O) groups is 3. The molecule has 0 bridgehead atoms. The van der Waals surface area contributed by atoms with Crippen LogP contribution in [-0.2, 0) is 16.0 Å². The predicted octanol–water partition coefficient (Wildman–Crippen LogP) is 4.85. The third-order valence-electron chi connectivity index (χ3n) is 5.18. The molecule has 0 unspecified atom stereocenters. The van der Waals surface area contributed by atoms with E-state index in [1.807, 2.05) is 0 Å². The highest BCUT2D eigenvalue weighted by Gasteiger charge is 2.37. The third-order valence-corrected chi connectivity index (χ3v) is 5.67. The van der Waals surface area contributed by atoms with Crippen LogP contribution in [0.5, 0.6) is 5.75 Å². The minimum absolute atomic E-state index is 0.210. The quantitative estimate of drug-likeness (QED) is 0.394. The number of urea groups is 1. The maximum atomic E-state index is 14.2. The van der Waals surface area contributed by atoms with Gasteiger partial charge in [0.1, 0.15) is 17.1 Å². The van der Waals surface area contributed by atoms with Gasteiger partial charge in [0.15, 0.2) is 0 Å². The van der Waals surface area contributed by atoms with Gasteiger partial charge in [0.2, 0.25) is 0 Å². The first-order chi connectivity index (χ1) is 15.9. The van der Waals surface area contributed by atoms with Gasteiger partial charge in [-0.05, 0) is 65.2 Å². The Labute approximate surface area is 197 Å². The molecule has 6 nitrogen and oxygen atoms in total. The van der Waals surface area contributed by atoms with E-state index >= 15 is 0 Å². The molecule has 0 radical (unpaired) electrons. The summed E-state index contributed by atoms with van der Waals surface area (Å²) in [5, 5.41) is 2.21. The maximum absolute atomic E-state index is 14.2. The fourth-order valence-corrected chi connectivity index (χ4v) is 3.87. The zero-order valence-corrected chi connectivity index (χ0v) is 19.1. The molecule has 0 atom stereocenters. The number of halogens is 2. The lowest BCUT2D eigenvalue weighted by Crippen LogP contribution is -2.54. The van der Waals surface area contributed by atoms with Gasteiger partial charge in [-0.2, -0.15) is 0 Å². The van der Waals surface area contributed by atoms with Crippen molar-refractivity contribution < 1.29 is 23.5 Å². The van der Waals surface area contributed by atoms with Crippen molar-refractivity contribution in [3.63, 3.8) is 0 Å². The number of rotatable bonds is 5. The van der Waals surface area contributed by atoms with Crippen molar-refractivity contribution in [3.05, 3.63) is 99.3 Å². The monoisotopic (exact) mass is 508 g/mol. The highest BCUT2D eigenvalue weighted by Crippen LogP contribution is 2.27. The van der Waals surface area contributed by atoms with Crippen molar-refractivity contribution in [3.8, 4) is 5.75 Å². The Kier molecular flexibility index (Phi) is 6.37.